The number of ether oxygens (including phenoxy) is 3. The number of nitrogens with two attached hydrogens (primary N) is 1. The molecule has 2 atom stereocenters. The van der Waals surface area contributed by atoms with Gasteiger partial charge in [-0.25, -0.2) is 0 Å². The van der Waals surface area contributed by atoms with Gasteiger partial charge in [-0.05, 0) is 37.1 Å². The van der Waals surface area contributed by atoms with Crippen LogP contribution in [-0.2, 0) is 19.1 Å². The van der Waals surface area contributed by atoms with Crippen molar-refractivity contribution < 1.29 is 28.6 Å². The first-order chi connectivity index (χ1) is 12.2. The van der Waals surface area contributed by atoms with Crippen LogP contribution in [0.2, 0.25) is 0 Å². The van der Waals surface area contributed by atoms with Gasteiger partial charge in [0.05, 0.1) is 18.8 Å². The van der Waals surface area contributed by atoms with Crippen LogP contribution in [0.5, 0.6) is 5.75 Å². The van der Waals surface area contributed by atoms with Crippen LogP contribution in [0.3, 0.4) is 0 Å². The molecule has 0 radical (unpaired) electrons. The van der Waals surface area contributed by atoms with Crippen molar-refractivity contribution in [2.45, 2.75) is 39.8 Å². The van der Waals surface area contributed by atoms with E-state index in [1.807, 2.05) is 20.8 Å². The third-order valence-electron chi connectivity index (χ3n) is 3.01. The number of hydrogen-bond acceptors (Lipinski definition) is 7. The molecule has 0 heterocycles. The van der Waals surface area contributed by atoms with E-state index in [-0.39, 0.29) is 24.0 Å². The number of carbonyl (C=O) groups excluding carboxylic acids is 3. The third kappa shape index (κ3) is 15.4. The quantitative estimate of drug-likeness (QED) is 0.446. The second-order valence-electron chi connectivity index (χ2n) is 5.74. The van der Waals surface area contributed by atoms with Gasteiger partial charge in [0.1, 0.15) is 18.3 Å². The topological polar surface area (TPSA) is 105 Å². The molecule has 7 nitrogen and oxygen atoms in total. The molecule has 0 bridgehead atoms. The van der Waals surface area contributed by atoms with Gasteiger partial charge in [0.15, 0.2) is 0 Å². The van der Waals surface area contributed by atoms with Gasteiger partial charge in [-0.1, -0.05) is 13.8 Å². The van der Waals surface area contributed by atoms with E-state index in [1.165, 1.54) is 6.92 Å². The highest BCUT2D eigenvalue weighted by Crippen LogP contribution is 2.10. The van der Waals surface area contributed by atoms with Crippen molar-refractivity contribution in [3.8, 4) is 5.75 Å². The molecule has 1 rings (SSSR count). The van der Waals surface area contributed by atoms with Crippen molar-refractivity contribution in [3.63, 3.8) is 0 Å². The fraction of sp³-hybridized carbons (Fsp3) is 0.526. The zero-order chi connectivity index (χ0) is 20.5. The Morgan fingerprint density at radius 2 is 1.65 bits per heavy atom. The Hall–Kier alpha value is -2.09. The molecule has 0 aliphatic rings. The Bertz CT molecular complexity index is 501. The molecule has 0 saturated heterocycles. The van der Waals surface area contributed by atoms with Crippen LogP contribution in [0.15, 0.2) is 24.3 Å². The summed E-state index contributed by atoms with van der Waals surface area (Å²) in [6, 6.07) is 6.05. The van der Waals surface area contributed by atoms with E-state index in [9.17, 15) is 14.4 Å². The molecule has 0 amide bonds. The molecule has 0 aliphatic heterocycles. The highest BCUT2D eigenvalue weighted by Gasteiger charge is 2.02. The molecular formula is C19H31NO6. The lowest BCUT2D eigenvalue weighted by Gasteiger charge is -2.05. The van der Waals surface area contributed by atoms with Gasteiger partial charge in [0, 0.05) is 26.7 Å². The van der Waals surface area contributed by atoms with Gasteiger partial charge in [-0.3, -0.25) is 9.59 Å². The first-order valence-corrected chi connectivity index (χ1v) is 8.17. The summed E-state index contributed by atoms with van der Waals surface area (Å²) in [5, 5.41) is 0. The molecule has 2 N–H and O–H groups in total. The summed E-state index contributed by atoms with van der Waals surface area (Å²) in [7, 11) is 3.33. The van der Waals surface area contributed by atoms with Gasteiger partial charge in [-0.15, -0.1) is 0 Å². The number of esters is 1. The normalized spacial score (nSPS) is 11.8. The molecule has 7 heteroatoms. The number of aldehydes is 2. The second-order valence-corrected chi connectivity index (χ2v) is 5.74. The Balaban J connectivity index is 0. The maximum Gasteiger partial charge on any atom is 0.308 e. The molecule has 2 unspecified atom stereocenters. The number of benzene rings is 1. The standard InChI is InChI=1S/C9H8O3.C5H11NO.C5H12O2/c1-7(11)12-9-4-2-8(6-10)3-5-9;1-4(2)5(6)3-7;1-5(7-3)4-6-2/h2-6H,1H3;3-5H,6H2,1-2H3;5H,4H2,1-3H3. The molecule has 0 aliphatic carbocycles. The minimum atomic E-state index is -0.367. The Labute approximate surface area is 155 Å². The van der Waals surface area contributed by atoms with Crippen LogP contribution in [-0.4, -0.2) is 51.5 Å². The van der Waals surface area contributed by atoms with E-state index in [4.69, 9.17) is 19.9 Å². The third-order valence-corrected chi connectivity index (χ3v) is 3.01. The van der Waals surface area contributed by atoms with Gasteiger partial charge in [0.2, 0.25) is 0 Å². The summed E-state index contributed by atoms with van der Waals surface area (Å²) in [6.45, 7) is 7.80. The van der Waals surface area contributed by atoms with Crippen molar-refractivity contribution in [1.82, 2.24) is 0 Å². The summed E-state index contributed by atoms with van der Waals surface area (Å²) >= 11 is 0. The summed E-state index contributed by atoms with van der Waals surface area (Å²) in [5.41, 5.74) is 5.81. The zero-order valence-electron chi connectivity index (χ0n) is 16.4. The number of methoxy groups -OCH3 is 2. The van der Waals surface area contributed by atoms with E-state index in [1.54, 1.807) is 38.5 Å². The highest BCUT2D eigenvalue weighted by molar-refractivity contribution is 5.75. The molecule has 1 aromatic rings. The van der Waals surface area contributed by atoms with Crippen LogP contribution in [0.1, 0.15) is 38.1 Å². The van der Waals surface area contributed by atoms with Crippen LogP contribution in [0, 0.1) is 5.92 Å². The van der Waals surface area contributed by atoms with E-state index in [0.717, 1.165) is 12.6 Å². The average molecular weight is 369 g/mol. The minimum absolute atomic E-state index is 0.227. The van der Waals surface area contributed by atoms with Crippen molar-refractivity contribution in [3.05, 3.63) is 29.8 Å². The molecule has 0 saturated carbocycles. The average Bonchev–Trinajstić information content (AvgIpc) is 2.62. The predicted octanol–water partition coefficient (Wildman–Crippen LogP) is 2.26. The lowest BCUT2D eigenvalue weighted by Crippen LogP contribution is -2.27. The molecule has 26 heavy (non-hydrogen) atoms. The van der Waals surface area contributed by atoms with Crippen molar-refractivity contribution in [1.29, 1.82) is 0 Å². The summed E-state index contributed by atoms with van der Waals surface area (Å²) in [6.07, 6.45) is 1.73. The smallest absolute Gasteiger partial charge is 0.308 e. The summed E-state index contributed by atoms with van der Waals surface area (Å²) in [4.78, 5) is 30.5. The monoisotopic (exact) mass is 369 g/mol. The molecular weight excluding hydrogens is 338 g/mol. The lowest BCUT2D eigenvalue weighted by molar-refractivity contribution is -0.131. The highest BCUT2D eigenvalue weighted by atomic mass is 16.5. The Morgan fingerprint density at radius 1 is 1.12 bits per heavy atom. The van der Waals surface area contributed by atoms with E-state index in [2.05, 4.69) is 0 Å². The summed E-state index contributed by atoms with van der Waals surface area (Å²) in [5.74, 6) is 0.361. The van der Waals surface area contributed by atoms with E-state index in [0.29, 0.717) is 17.9 Å². The minimum Gasteiger partial charge on any atom is -0.427 e. The van der Waals surface area contributed by atoms with Gasteiger partial charge < -0.3 is 24.7 Å². The first-order valence-electron chi connectivity index (χ1n) is 8.17. The fourth-order valence-corrected chi connectivity index (χ4v) is 1.24. The zero-order valence-corrected chi connectivity index (χ0v) is 16.4. The van der Waals surface area contributed by atoms with Crippen LogP contribution < -0.4 is 10.5 Å². The van der Waals surface area contributed by atoms with Crippen molar-refractivity contribution >= 4 is 18.5 Å². The predicted molar refractivity (Wildman–Crippen MR) is 100 cm³/mol. The van der Waals surface area contributed by atoms with Crippen LogP contribution in [0.4, 0.5) is 0 Å². The molecule has 148 valence electrons. The Kier molecular flexibility index (Phi) is 16.5. The molecule has 0 aromatic heterocycles. The number of rotatable bonds is 7. The van der Waals surface area contributed by atoms with Crippen molar-refractivity contribution in [2.75, 3.05) is 20.8 Å². The SMILES string of the molecule is CC(=O)Oc1ccc(C=O)cc1.CC(C)C(N)C=O.COCC(C)OC. The maximum atomic E-state index is 10.5. The molecule has 0 spiro atoms. The van der Waals surface area contributed by atoms with E-state index >= 15 is 0 Å². The van der Waals surface area contributed by atoms with Crippen molar-refractivity contribution in [2.24, 2.45) is 11.7 Å². The molecule has 0 fully saturated rings. The van der Waals surface area contributed by atoms with E-state index < -0.39 is 0 Å². The van der Waals surface area contributed by atoms with Gasteiger partial charge >= 0.3 is 5.97 Å². The van der Waals surface area contributed by atoms with Gasteiger partial charge in [-0.2, -0.15) is 0 Å². The first kappa shape index (κ1) is 26.1. The molecule has 1 aromatic carbocycles. The largest absolute Gasteiger partial charge is 0.427 e. The summed E-state index contributed by atoms with van der Waals surface area (Å²) < 4.78 is 14.4. The fourth-order valence-electron chi connectivity index (χ4n) is 1.24. The second kappa shape index (κ2) is 16.4. The Morgan fingerprint density at radius 3 is 1.88 bits per heavy atom. The van der Waals surface area contributed by atoms with Crippen LogP contribution >= 0.6 is 0 Å². The number of hydrogen-bond donors (Lipinski definition) is 1. The lowest BCUT2D eigenvalue weighted by atomic mass is 10.1. The maximum absolute atomic E-state index is 10.5. The van der Waals surface area contributed by atoms with Gasteiger partial charge in [0.25, 0.3) is 0 Å². The van der Waals surface area contributed by atoms with Crippen LogP contribution in [0.25, 0.3) is 0 Å². The number of carbonyl (C=O) groups is 3.